The van der Waals surface area contributed by atoms with Gasteiger partial charge in [0.1, 0.15) is 5.41 Å². The molecular formula is C23H23N5O4. The molecular weight excluding hydrogens is 410 g/mol. The average molecular weight is 433 g/mol. The topological polar surface area (TPSA) is 141 Å². The Morgan fingerprint density at radius 3 is 2.53 bits per heavy atom. The maximum absolute atomic E-state index is 13.5. The fraction of sp³-hybridized carbons (Fsp3) is 0.217. The van der Waals surface area contributed by atoms with Crippen LogP contribution in [0, 0.1) is 6.92 Å². The highest BCUT2D eigenvalue weighted by molar-refractivity contribution is 6.08. The van der Waals surface area contributed by atoms with Gasteiger partial charge >= 0.3 is 0 Å². The Hall–Kier alpha value is -4.14. The number of carbonyl (C=O) groups is 3. The molecule has 5 N–H and O–H groups in total. The Kier molecular flexibility index (Phi) is 5.40. The lowest BCUT2D eigenvalue weighted by molar-refractivity contribution is -0.123. The first-order valence-corrected chi connectivity index (χ1v) is 10.1. The second-order valence-electron chi connectivity index (χ2n) is 7.73. The Morgan fingerprint density at radius 1 is 1.22 bits per heavy atom. The number of benzene rings is 2. The number of likely N-dealkylation sites (tertiary alicyclic amines) is 1. The van der Waals surface area contributed by atoms with E-state index in [0.717, 1.165) is 16.8 Å². The number of amides is 2. The van der Waals surface area contributed by atoms with Crippen LogP contribution in [0.25, 0.3) is 0 Å². The zero-order chi connectivity index (χ0) is 22.9. The van der Waals surface area contributed by atoms with Gasteiger partial charge in [0.2, 0.25) is 5.91 Å². The Balaban J connectivity index is 0.000000775. The van der Waals surface area contributed by atoms with Gasteiger partial charge in [0, 0.05) is 17.9 Å². The molecule has 5 rings (SSSR count). The van der Waals surface area contributed by atoms with Crippen LogP contribution < -0.4 is 11.1 Å². The molecule has 1 spiro atoms. The summed E-state index contributed by atoms with van der Waals surface area (Å²) in [6.45, 7) is 1.98. The molecule has 9 heteroatoms. The second kappa shape index (κ2) is 8.18. The lowest BCUT2D eigenvalue weighted by atomic mass is 9.72. The minimum atomic E-state index is -0.830. The maximum atomic E-state index is 13.5. The van der Waals surface area contributed by atoms with Crippen LogP contribution >= 0.6 is 0 Å². The molecule has 1 fully saturated rings. The van der Waals surface area contributed by atoms with Gasteiger partial charge in [0.25, 0.3) is 12.4 Å². The van der Waals surface area contributed by atoms with E-state index < -0.39 is 11.5 Å². The zero-order valence-corrected chi connectivity index (χ0v) is 17.4. The summed E-state index contributed by atoms with van der Waals surface area (Å²) < 4.78 is 0. The van der Waals surface area contributed by atoms with Crippen molar-refractivity contribution in [3.63, 3.8) is 0 Å². The molecule has 3 aromatic rings. The van der Waals surface area contributed by atoms with Crippen molar-refractivity contribution in [2.75, 3.05) is 17.6 Å². The minimum Gasteiger partial charge on any atom is -0.483 e. The number of carboxylic acid groups (broad SMARTS) is 1. The van der Waals surface area contributed by atoms with E-state index in [1.165, 1.54) is 0 Å². The lowest BCUT2D eigenvalue weighted by Gasteiger charge is -2.34. The number of imidazole rings is 1. The van der Waals surface area contributed by atoms with Crippen LogP contribution in [0.3, 0.4) is 0 Å². The normalized spacial score (nSPS) is 21.0. The Morgan fingerprint density at radius 2 is 1.88 bits per heavy atom. The average Bonchev–Trinajstić information content (AvgIpc) is 3.43. The Labute approximate surface area is 184 Å². The van der Waals surface area contributed by atoms with Gasteiger partial charge in [-0.3, -0.25) is 14.4 Å². The van der Waals surface area contributed by atoms with Gasteiger partial charge in [-0.05, 0) is 30.5 Å². The van der Waals surface area contributed by atoms with Crippen molar-refractivity contribution in [1.29, 1.82) is 0 Å². The molecule has 1 aromatic heterocycles. The number of H-pyrrole nitrogens is 1. The number of aromatic amines is 1. The number of aromatic nitrogens is 2. The number of hydrogen-bond donors (Lipinski definition) is 4. The Bertz CT molecular complexity index is 1180. The third-order valence-electron chi connectivity index (χ3n) is 6.07. The summed E-state index contributed by atoms with van der Waals surface area (Å²) >= 11 is 0. The van der Waals surface area contributed by atoms with Crippen molar-refractivity contribution in [2.24, 2.45) is 0 Å². The van der Waals surface area contributed by atoms with E-state index >= 15 is 0 Å². The number of nitrogens with one attached hydrogen (secondary N) is 2. The van der Waals surface area contributed by atoms with Crippen molar-refractivity contribution in [1.82, 2.24) is 14.9 Å². The molecule has 2 aromatic carbocycles. The van der Waals surface area contributed by atoms with Crippen LogP contribution in [0.5, 0.6) is 0 Å². The van der Waals surface area contributed by atoms with E-state index in [-0.39, 0.29) is 24.2 Å². The summed E-state index contributed by atoms with van der Waals surface area (Å²) in [5, 5.41) is 9.91. The van der Waals surface area contributed by atoms with E-state index in [1.54, 1.807) is 11.8 Å². The number of anilines is 2. The van der Waals surface area contributed by atoms with Gasteiger partial charge in [-0.2, -0.15) is 0 Å². The number of fused-ring (bicyclic) bond motifs is 2. The standard InChI is InChI=1S/C22H21N5O2.CH2O2/c1-13-17(26-21(23)24-13)19(28)27-12-11-22(18(27)14-7-3-2-4-8-14)15-9-5-6-10-16(15)25-20(22)29;2-1-3/h2-10,18H,11-12H2,1H3,(H,25,29)(H3,23,24,26);1H,(H,2,3)/t18-,22+;/m0./s1. The molecule has 2 amide bonds. The monoisotopic (exact) mass is 433 g/mol. The van der Waals surface area contributed by atoms with E-state index in [1.807, 2.05) is 54.6 Å². The van der Waals surface area contributed by atoms with Crippen LogP contribution in [-0.2, 0) is 15.0 Å². The molecule has 9 nitrogen and oxygen atoms in total. The highest BCUT2D eigenvalue weighted by Crippen LogP contribution is 2.54. The molecule has 0 unspecified atom stereocenters. The predicted octanol–water partition coefficient (Wildman–Crippen LogP) is 2.48. The highest BCUT2D eigenvalue weighted by atomic mass is 16.3. The largest absolute Gasteiger partial charge is 0.483 e. The van der Waals surface area contributed by atoms with E-state index in [2.05, 4.69) is 15.3 Å². The highest BCUT2D eigenvalue weighted by Gasteiger charge is 2.59. The summed E-state index contributed by atoms with van der Waals surface area (Å²) in [5.74, 6) is -0.0838. The molecule has 2 aliphatic rings. The van der Waals surface area contributed by atoms with Gasteiger partial charge in [-0.1, -0.05) is 48.5 Å². The summed E-state index contributed by atoms with van der Waals surface area (Å²) in [5.41, 5.74) is 8.52. The van der Waals surface area contributed by atoms with Crippen LogP contribution in [0.15, 0.2) is 54.6 Å². The minimum absolute atomic E-state index is 0.0684. The van der Waals surface area contributed by atoms with Gasteiger partial charge in [0.15, 0.2) is 11.6 Å². The molecule has 0 radical (unpaired) electrons. The summed E-state index contributed by atoms with van der Waals surface area (Å²) in [4.78, 5) is 44.0. The third-order valence-corrected chi connectivity index (χ3v) is 6.07. The SMILES string of the molecule is Cc1[nH]c(N)nc1C(=O)N1CC[C@]2(C(=O)Nc3ccccc32)[C@@H]1c1ccccc1.O=CO. The van der Waals surface area contributed by atoms with Crippen molar-refractivity contribution < 1.29 is 19.5 Å². The lowest BCUT2D eigenvalue weighted by Crippen LogP contribution is -2.42. The smallest absolute Gasteiger partial charge is 0.290 e. The van der Waals surface area contributed by atoms with Crippen LogP contribution in [0.1, 0.15) is 39.8 Å². The molecule has 164 valence electrons. The molecule has 0 bridgehead atoms. The third kappa shape index (κ3) is 3.18. The number of nitrogens with zero attached hydrogens (tertiary/aromatic N) is 2. The maximum Gasteiger partial charge on any atom is 0.290 e. The van der Waals surface area contributed by atoms with Crippen molar-refractivity contribution in [3.05, 3.63) is 77.1 Å². The first-order valence-electron chi connectivity index (χ1n) is 10.1. The van der Waals surface area contributed by atoms with Crippen LogP contribution in [-0.4, -0.2) is 44.8 Å². The van der Waals surface area contributed by atoms with Crippen molar-refractivity contribution >= 4 is 29.9 Å². The summed E-state index contributed by atoms with van der Waals surface area (Å²) in [6.07, 6.45) is 0.542. The number of hydrogen-bond acceptors (Lipinski definition) is 5. The molecule has 32 heavy (non-hydrogen) atoms. The number of rotatable bonds is 2. The predicted molar refractivity (Wildman–Crippen MR) is 118 cm³/mol. The number of nitrogens with two attached hydrogens (primary N) is 1. The zero-order valence-electron chi connectivity index (χ0n) is 17.4. The summed E-state index contributed by atoms with van der Waals surface area (Å²) in [7, 11) is 0. The number of carbonyl (C=O) groups excluding carboxylic acids is 2. The molecule has 2 aliphatic heterocycles. The molecule has 0 saturated carbocycles. The second-order valence-corrected chi connectivity index (χ2v) is 7.73. The molecule has 0 aliphatic carbocycles. The molecule has 1 saturated heterocycles. The van der Waals surface area contributed by atoms with E-state index in [9.17, 15) is 9.59 Å². The first kappa shape index (κ1) is 21.1. The van der Waals surface area contributed by atoms with E-state index in [0.29, 0.717) is 24.4 Å². The number of para-hydroxylation sites is 1. The fourth-order valence-electron chi connectivity index (χ4n) is 4.83. The summed E-state index contributed by atoms with van der Waals surface area (Å²) in [6, 6.07) is 17.0. The quantitative estimate of drug-likeness (QED) is 0.458. The van der Waals surface area contributed by atoms with Crippen LogP contribution in [0.4, 0.5) is 11.6 Å². The molecule has 3 heterocycles. The van der Waals surface area contributed by atoms with Gasteiger partial charge in [-0.15, -0.1) is 0 Å². The molecule has 2 atom stereocenters. The van der Waals surface area contributed by atoms with Crippen LogP contribution in [0.2, 0.25) is 0 Å². The number of nitrogen functional groups attached to an aromatic ring is 1. The van der Waals surface area contributed by atoms with Gasteiger partial charge in [0.05, 0.1) is 6.04 Å². The van der Waals surface area contributed by atoms with E-state index in [4.69, 9.17) is 15.6 Å². The number of aryl methyl sites for hydroxylation is 1. The van der Waals surface area contributed by atoms with Crippen molar-refractivity contribution in [2.45, 2.75) is 24.8 Å². The first-order chi connectivity index (χ1) is 15.4. The van der Waals surface area contributed by atoms with Crippen molar-refractivity contribution in [3.8, 4) is 0 Å². The van der Waals surface area contributed by atoms with Gasteiger partial charge in [-0.25, -0.2) is 4.98 Å². The van der Waals surface area contributed by atoms with Gasteiger partial charge < -0.3 is 26.0 Å². The fourth-order valence-corrected chi connectivity index (χ4v) is 4.83.